The lowest BCUT2D eigenvalue weighted by molar-refractivity contribution is -0.140. The van der Waals surface area contributed by atoms with Gasteiger partial charge in [0, 0.05) is 13.1 Å². The van der Waals surface area contributed by atoms with Crippen molar-refractivity contribution in [1.29, 1.82) is 0 Å². The Morgan fingerprint density at radius 1 is 1.57 bits per heavy atom. The van der Waals surface area contributed by atoms with Crippen molar-refractivity contribution in [2.24, 2.45) is 11.7 Å². The van der Waals surface area contributed by atoms with Gasteiger partial charge in [0.05, 0.1) is 12.5 Å². The molecule has 1 saturated heterocycles. The number of carbonyl (C=O) groups is 2. The van der Waals surface area contributed by atoms with Gasteiger partial charge < -0.3 is 10.8 Å². The van der Waals surface area contributed by atoms with Crippen LogP contribution in [0.2, 0.25) is 0 Å². The largest absolute Gasteiger partial charge is 0.481 e. The average molecular weight is 200 g/mol. The summed E-state index contributed by atoms with van der Waals surface area (Å²) in [7, 11) is 0. The van der Waals surface area contributed by atoms with Gasteiger partial charge in [-0.3, -0.25) is 14.5 Å². The third kappa shape index (κ3) is 2.45. The Labute approximate surface area is 82.9 Å². The van der Waals surface area contributed by atoms with Gasteiger partial charge in [0.15, 0.2) is 0 Å². The van der Waals surface area contributed by atoms with Gasteiger partial charge in [-0.25, -0.2) is 0 Å². The van der Waals surface area contributed by atoms with E-state index >= 15 is 0 Å². The summed E-state index contributed by atoms with van der Waals surface area (Å²) in [5.74, 6) is -0.913. The van der Waals surface area contributed by atoms with Crippen molar-refractivity contribution in [1.82, 2.24) is 4.90 Å². The Morgan fingerprint density at radius 2 is 2.14 bits per heavy atom. The highest BCUT2D eigenvalue weighted by Crippen LogP contribution is 2.22. The number of rotatable bonds is 5. The first-order valence-corrected chi connectivity index (χ1v) is 4.79. The number of aliphatic carboxylic acids is 1. The van der Waals surface area contributed by atoms with E-state index in [1.807, 2.05) is 11.8 Å². The molecule has 0 aromatic carbocycles. The summed E-state index contributed by atoms with van der Waals surface area (Å²) in [6.07, 6.45) is 0.876. The number of amides is 1. The molecule has 1 fully saturated rings. The van der Waals surface area contributed by atoms with E-state index in [1.54, 1.807) is 0 Å². The van der Waals surface area contributed by atoms with Gasteiger partial charge in [0.2, 0.25) is 5.91 Å². The Balaban J connectivity index is 2.32. The third-order valence-electron chi connectivity index (χ3n) is 2.60. The second-order valence-corrected chi connectivity index (χ2v) is 3.74. The van der Waals surface area contributed by atoms with Gasteiger partial charge in [-0.2, -0.15) is 0 Å². The number of carbonyl (C=O) groups excluding carboxylic acids is 1. The number of nitrogens with two attached hydrogens (primary N) is 1. The lowest BCUT2D eigenvalue weighted by atomic mass is 9.93. The van der Waals surface area contributed by atoms with E-state index in [-0.39, 0.29) is 24.3 Å². The fourth-order valence-corrected chi connectivity index (χ4v) is 1.88. The van der Waals surface area contributed by atoms with Crippen molar-refractivity contribution in [3.63, 3.8) is 0 Å². The van der Waals surface area contributed by atoms with Gasteiger partial charge in [-0.05, 0) is 12.3 Å². The van der Waals surface area contributed by atoms with Crippen LogP contribution in [0.25, 0.3) is 0 Å². The highest BCUT2D eigenvalue weighted by molar-refractivity contribution is 5.80. The maximum Gasteiger partial charge on any atom is 0.303 e. The van der Waals surface area contributed by atoms with E-state index in [4.69, 9.17) is 10.8 Å². The number of hydrogen-bond donors (Lipinski definition) is 2. The topological polar surface area (TPSA) is 83.6 Å². The molecule has 1 unspecified atom stereocenters. The third-order valence-corrected chi connectivity index (χ3v) is 2.60. The fourth-order valence-electron chi connectivity index (χ4n) is 1.88. The lowest BCUT2D eigenvalue weighted by Gasteiger charge is -2.42. The molecule has 0 radical (unpaired) electrons. The minimum Gasteiger partial charge on any atom is -0.481 e. The van der Waals surface area contributed by atoms with Crippen molar-refractivity contribution in [2.75, 3.05) is 13.1 Å². The molecular weight excluding hydrogens is 184 g/mol. The molecule has 1 heterocycles. The summed E-state index contributed by atoms with van der Waals surface area (Å²) in [4.78, 5) is 23.3. The number of primary amides is 1. The van der Waals surface area contributed by atoms with Gasteiger partial charge in [-0.1, -0.05) is 6.92 Å². The van der Waals surface area contributed by atoms with Crippen molar-refractivity contribution >= 4 is 11.9 Å². The van der Waals surface area contributed by atoms with E-state index in [1.165, 1.54) is 0 Å². The zero-order chi connectivity index (χ0) is 10.7. The Hall–Kier alpha value is -1.10. The molecule has 0 aromatic heterocycles. The summed E-state index contributed by atoms with van der Waals surface area (Å²) in [6, 6.07) is -0.222. The summed E-state index contributed by atoms with van der Waals surface area (Å²) < 4.78 is 0. The van der Waals surface area contributed by atoms with Crippen LogP contribution < -0.4 is 5.73 Å². The fraction of sp³-hybridized carbons (Fsp3) is 0.778. The number of hydrogen-bond acceptors (Lipinski definition) is 3. The lowest BCUT2D eigenvalue weighted by Crippen LogP contribution is -2.56. The molecule has 0 spiro atoms. The molecule has 1 aliphatic rings. The molecule has 0 aromatic rings. The number of carboxylic acids is 1. The monoisotopic (exact) mass is 200 g/mol. The molecule has 5 nitrogen and oxygen atoms in total. The molecule has 0 bridgehead atoms. The van der Waals surface area contributed by atoms with E-state index in [9.17, 15) is 9.59 Å². The highest BCUT2D eigenvalue weighted by Gasteiger charge is 2.34. The molecular formula is C9H16N2O3. The molecule has 1 rings (SSSR count). The number of nitrogens with zero attached hydrogens (tertiary/aromatic N) is 1. The summed E-state index contributed by atoms with van der Waals surface area (Å²) in [6.45, 7) is 3.25. The first-order chi connectivity index (χ1) is 6.54. The van der Waals surface area contributed by atoms with Crippen LogP contribution in [0.3, 0.4) is 0 Å². The van der Waals surface area contributed by atoms with E-state index in [0.29, 0.717) is 19.5 Å². The molecule has 1 atom stereocenters. The molecule has 5 heteroatoms. The van der Waals surface area contributed by atoms with E-state index in [2.05, 4.69) is 0 Å². The molecule has 1 amide bonds. The number of likely N-dealkylation sites (tertiary alicyclic amines) is 1. The predicted octanol–water partition coefficient (Wildman–Crippen LogP) is -0.343. The summed E-state index contributed by atoms with van der Waals surface area (Å²) in [5, 5.41) is 8.53. The van der Waals surface area contributed by atoms with Crippen LogP contribution in [0.15, 0.2) is 0 Å². The van der Waals surface area contributed by atoms with Crippen LogP contribution in [0.1, 0.15) is 19.8 Å². The van der Waals surface area contributed by atoms with Crippen molar-refractivity contribution in [3.05, 3.63) is 0 Å². The van der Waals surface area contributed by atoms with Crippen molar-refractivity contribution < 1.29 is 14.7 Å². The smallest absolute Gasteiger partial charge is 0.303 e. The molecule has 0 saturated carbocycles. The first-order valence-electron chi connectivity index (χ1n) is 4.79. The maximum absolute atomic E-state index is 11.0. The predicted molar refractivity (Wildman–Crippen MR) is 50.6 cm³/mol. The van der Waals surface area contributed by atoms with Crippen LogP contribution in [0.4, 0.5) is 0 Å². The highest BCUT2D eigenvalue weighted by atomic mass is 16.4. The summed E-state index contributed by atoms with van der Waals surface area (Å²) >= 11 is 0. The summed E-state index contributed by atoms with van der Waals surface area (Å²) in [5.41, 5.74) is 5.21. The quantitative estimate of drug-likeness (QED) is 0.635. The van der Waals surface area contributed by atoms with Crippen LogP contribution in [-0.2, 0) is 9.59 Å². The van der Waals surface area contributed by atoms with Gasteiger partial charge >= 0.3 is 5.97 Å². The van der Waals surface area contributed by atoms with Crippen LogP contribution in [-0.4, -0.2) is 41.0 Å². The zero-order valence-corrected chi connectivity index (χ0v) is 8.27. The Bertz CT molecular complexity index is 236. The average Bonchev–Trinajstić information content (AvgIpc) is 1.99. The van der Waals surface area contributed by atoms with E-state index < -0.39 is 5.97 Å². The second-order valence-electron chi connectivity index (χ2n) is 3.74. The van der Waals surface area contributed by atoms with E-state index in [0.717, 1.165) is 0 Å². The van der Waals surface area contributed by atoms with Gasteiger partial charge in [-0.15, -0.1) is 0 Å². The maximum atomic E-state index is 11.0. The van der Waals surface area contributed by atoms with Crippen molar-refractivity contribution in [3.8, 4) is 0 Å². The van der Waals surface area contributed by atoms with Crippen LogP contribution in [0.5, 0.6) is 0 Å². The minimum absolute atomic E-state index is 0.181. The molecule has 3 N–H and O–H groups in total. The molecule has 1 aliphatic heterocycles. The Morgan fingerprint density at radius 3 is 2.50 bits per heavy atom. The Kier molecular flexibility index (Phi) is 3.46. The second kappa shape index (κ2) is 4.41. The van der Waals surface area contributed by atoms with Gasteiger partial charge in [0.25, 0.3) is 0 Å². The van der Waals surface area contributed by atoms with Crippen LogP contribution >= 0.6 is 0 Å². The van der Waals surface area contributed by atoms with Crippen molar-refractivity contribution in [2.45, 2.75) is 25.8 Å². The minimum atomic E-state index is -0.776. The van der Waals surface area contributed by atoms with Gasteiger partial charge in [0.1, 0.15) is 0 Å². The standard InChI is InChI=1S/C9H16N2O3/c1-2-7(9(10)14)11-4-6(5-11)3-8(12)13/h6-7H,2-5H2,1H3,(H2,10,14)(H,12,13). The molecule has 80 valence electrons. The zero-order valence-electron chi connectivity index (χ0n) is 8.27. The molecule has 0 aliphatic carbocycles. The normalized spacial score (nSPS) is 20.1. The molecule has 14 heavy (non-hydrogen) atoms. The first kappa shape index (κ1) is 11.0. The van der Waals surface area contributed by atoms with Crippen LogP contribution in [0, 0.1) is 5.92 Å². The number of carboxylic acid groups (broad SMARTS) is 1. The SMILES string of the molecule is CCC(C(N)=O)N1CC(CC(=O)O)C1.